The highest BCUT2D eigenvalue weighted by Crippen LogP contribution is 2.11. The lowest BCUT2D eigenvalue weighted by molar-refractivity contribution is 0.0660. The van der Waals surface area contributed by atoms with E-state index in [0.717, 1.165) is 10.7 Å². The van der Waals surface area contributed by atoms with Crippen LogP contribution < -0.4 is 5.32 Å². The smallest absolute Gasteiger partial charge is 0.372 e. The average Bonchev–Trinajstić information content (AvgIpc) is 2.87. The fraction of sp³-hybridized carbons (Fsp3) is 0.273. The van der Waals surface area contributed by atoms with E-state index in [4.69, 9.17) is 9.52 Å². The molecule has 17 heavy (non-hydrogen) atoms. The van der Waals surface area contributed by atoms with Crippen LogP contribution in [0.5, 0.6) is 0 Å². The van der Waals surface area contributed by atoms with Gasteiger partial charge in [-0.25, -0.2) is 9.78 Å². The normalized spacial score (nSPS) is 10.6. The highest BCUT2D eigenvalue weighted by atomic mass is 32.1. The number of carboxylic acids is 1. The summed E-state index contributed by atoms with van der Waals surface area (Å²) in [4.78, 5) is 15.1. The van der Waals surface area contributed by atoms with E-state index >= 15 is 0 Å². The van der Waals surface area contributed by atoms with Gasteiger partial charge in [-0.1, -0.05) is 0 Å². The Morgan fingerprint density at radius 2 is 2.41 bits per heavy atom. The summed E-state index contributed by atoms with van der Waals surface area (Å²) in [5, 5.41) is 15.0. The standard InChI is InChI=1S/C11H12N2O3S/c1-7-13-9(6-17-7)5-12-4-8-2-3-16-10(8)11(14)15/h2-3,6,12H,4-5H2,1H3,(H,14,15). The van der Waals surface area contributed by atoms with Crippen LogP contribution >= 0.6 is 11.3 Å². The SMILES string of the molecule is Cc1nc(CNCc2ccoc2C(=O)O)cs1. The number of aromatic carboxylic acids is 1. The van der Waals surface area contributed by atoms with E-state index in [0.29, 0.717) is 18.7 Å². The Hall–Kier alpha value is -1.66. The van der Waals surface area contributed by atoms with Gasteiger partial charge in [-0.3, -0.25) is 0 Å². The lowest BCUT2D eigenvalue weighted by Gasteiger charge is -2.01. The monoisotopic (exact) mass is 252 g/mol. The Balaban J connectivity index is 1.90. The van der Waals surface area contributed by atoms with E-state index in [1.165, 1.54) is 6.26 Å². The lowest BCUT2D eigenvalue weighted by Crippen LogP contribution is -2.14. The molecule has 0 unspecified atom stereocenters. The maximum absolute atomic E-state index is 10.8. The summed E-state index contributed by atoms with van der Waals surface area (Å²) in [7, 11) is 0. The Kier molecular flexibility index (Phi) is 3.55. The van der Waals surface area contributed by atoms with Crippen molar-refractivity contribution in [2.75, 3.05) is 0 Å². The number of hydrogen-bond acceptors (Lipinski definition) is 5. The summed E-state index contributed by atoms with van der Waals surface area (Å²) in [5.74, 6) is -1.05. The maximum atomic E-state index is 10.8. The first-order chi connectivity index (χ1) is 8.16. The summed E-state index contributed by atoms with van der Waals surface area (Å²) in [6.45, 7) is 3.02. The topological polar surface area (TPSA) is 75.4 Å². The number of aryl methyl sites for hydroxylation is 1. The first kappa shape index (κ1) is 11.8. The van der Waals surface area contributed by atoms with Gasteiger partial charge in [-0.2, -0.15) is 0 Å². The van der Waals surface area contributed by atoms with E-state index in [1.54, 1.807) is 17.4 Å². The number of hydrogen-bond donors (Lipinski definition) is 2. The van der Waals surface area contributed by atoms with Gasteiger partial charge in [-0.15, -0.1) is 11.3 Å². The predicted molar refractivity (Wildman–Crippen MR) is 63.1 cm³/mol. The number of carbonyl (C=O) groups is 1. The zero-order chi connectivity index (χ0) is 12.3. The molecule has 2 N–H and O–H groups in total. The van der Waals surface area contributed by atoms with Crippen molar-refractivity contribution < 1.29 is 14.3 Å². The van der Waals surface area contributed by atoms with Crippen LogP contribution in [0.1, 0.15) is 26.8 Å². The van der Waals surface area contributed by atoms with Gasteiger partial charge in [0.1, 0.15) is 0 Å². The molecule has 2 heterocycles. The molecule has 6 heteroatoms. The van der Waals surface area contributed by atoms with Gasteiger partial charge < -0.3 is 14.8 Å². The summed E-state index contributed by atoms with van der Waals surface area (Å²) in [6.07, 6.45) is 1.38. The van der Waals surface area contributed by atoms with Crippen LogP contribution in [0.25, 0.3) is 0 Å². The summed E-state index contributed by atoms with van der Waals surface area (Å²) in [5.41, 5.74) is 1.61. The largest absolute Gasteiger partial charge is 0.475 e. The van der Waals surface area contributed by atoms with E-state index in [1.807, 2.05) is 12.3 Å². The number of nitrogens with one attached hydrogen (secondary N) is 1. The molecule has 0 amide bonds. The third kappa shape index (κ3) is 2.92. The number of carboxylic acid groups (broad SMARTS) is 1. The molecule has 0 radical (unpaired) electrons. The van der Waals surface area contributed by atoms with E-state index in [-0.39, 0.29) is 5.76 Å². The number of furan rings is 1. The van der Waals surface area contributed by atoms with Gasteiger partial charge in [0.2, 0.25) is 5.76 Å². The third-order valence-corrected chi connectivity index (χ3v) is 3.05. The molecule has 2 rings (SSSR count). The van der Waals surface area contributed by atoms with Crippen molar-refractivity contribution >= 4 is 17.3 Å². The molecular weight excluding hydrogens is 240 g/mol. The van der Waals surface area contributed by atoms with E-state index in [2.05, 4.69) is 10.3 Å². The lowest BCUT2D eigenvalue weighted by atomic mass is 10.2. The van der Waals surface area contributed by atoms with Gasteiger partial charge in [0.05, 0.1) is 17.0 Å². The second-order valence-corrected chi connectivity index (χ2v) is 4.60. The first-order valence-corrected chi connectivity index (χ1v) is 5.96. The molecule has 0 spiro atoms. The van der Waals surface area contributed by atoms with Crippen LogP contribution in [0.4, 0.5) is 0 Å². The Morgan fingerprint density at radius 1 is 1.59 bits per heavy atom. The molecule has 0 saturated heterocycles. The van der Waals surface area contributed by atoms with Crippen LogP contribution in [-0.4, -0.2) is 16.1 Å². The molecule has 0 bridgehead atoms. The molecular formula is C11H12N2O3S. The second kappa shape index (κ2) is 5.11. The van der Waals surface area contributed by atoms with Crippen LogP contribution in [0.15, 0.2) is 22.1 Å². The fourth-order valence-corrected chi connectivity index (χ4v) is 2.09. The zero-order valence-electron chi connectivity index (χ0n) is 9.27. The van der Waals surface area contributed by atoms with Crippen molar-refractivity contribution in [3.8, 4) is 0 Å². The predicted octanol–water partition coefficient (Wildman–Crippen LogP) is 2.03. The van der Waals surface area contributed by atoms with Crippen molar-refractivity contribution in [3.05, 3.63) is 39.7 Å². The van der Waals surface area contributed by atoms with Crippen molar-refractivity contribution in [2.24, 2.45) is 0 Å². The highest BCUT2D eigenvalue weighted by molar-refractivity contribution is 7.09. The molecule has 2 aromatic rings. The molecule has 0 saturated carbocycles. The van der Waals surface area contributed by atoms with Crippen molar-refractivity contribution in [2.45, 2.75) is 20.0 Å². The number of nitrogens with zero attached hydrogens (tertiary/aromatic N) is 1. The average molecular weight is 252 g/mol. The van der Waals surface area contributed by atoms with Crippen molar-refractivity contribution in [3.63, 3.8) is 0 Å². The van der Waals surface area contributed by atoms with Crippen LogP contribution in [-0.2, 0) is 13.1 Å². The van der Waals surface area contributed by atoms with Crippen LogP contribution in [0.3, 0.4) is 0 Å². The number of aromatic nitrogens is 1. The van der Waals surface area contributed by atoms with Gasteiger partial charge in [0, 0.05) is 24.0 Å². The molecule has 0 aromatic carbocycles. The second-order valence-electron chi connectivity index (χ2n) is 3.54. The van der Waals surface area contributed by atoms with Gasteiger partial charge in [0.25, 0.3) is 0 Å². The first-order valence-electron chi connectivity index (χ1n) is 5.08. The molecule has 0 atom stereocenters. The minimum atomic E-state index is -1.05. The van der Waals surface area contributed by atoms with E-state index < -0.39 is 5.97 Å². The van der Waals surface area contributed by atoms with Crippen molar-refractivity contribution in [1.29, 1.82) is 0 Å². The van der Waals surface area contributed by atoms with Crippen LogP contribution in [0, 0.1) is 6.92 Å². The zero-order valence-corrected chi connectivity index (χ0v) is 10.1. The highest BCUT2D eigenvalue weighted by Gasteiger charge is 2.13. The Bertz CT molecular complexity index is 518. The van der Waals surface area contributed by atoms with Crippen molar-refractivity contribution in [1.82, 2.24) is 10.3 Å². The Morgan fingerprint density at radius 3 is 3.06 bits per heavy atom. The molecule has 5 nitrogen and oxygen atoms in total. The summed E-state index contributed by atoms with van der Waals surface area (Å²) in [6, 6.07) is 1.66. The summed E-state index contributed by atoms with van der Waals surface area (Å²) < 4.78 is 4.88. The minimum Gasteiger partial charge on any atom is -0.475 e. The summed E-state index contributed by atoms with van der Waals surface area (Å²) >= 11 is 1.60. The molecule has 0 fully saturated rings. The molecule has 0 aliphatic rings. The van der Waals surface area contributed by atoms with Gasteiger partial charge in [-0.05, 0) is 13.0 Å². The fourth-order valence-electron chi connectivity index (χ4n) is 1.48. The minimum absolute atomic E-state index is 0.00745. The van der Waals surface area contributed by atoms with E-state index in [9.17, 15) is 4.79 Å². The maximum Gasteiger partial charge on any atom is 0.372 e. The van der Waals surface area contributed by atoms with Gasteiger partial charge >= 0.3 is 5.97 Å². The Labute approximate surface area is 102 Å². The quantitative estimate of drug-likeness (QED) is 0.851. The number of rotatable bonds is 5. The molecule has 2 aromatic heterocycles. The number of thiazole rings is 1. The van der Waals surface area contributed by atoms with Crippen LogP contribution in [0.2, 0.25) is 0 Å². The third-order valence-electron chi connectivity index (χ3n) is 2.23. The molecule has 90 valence electrons. The van der Waals surface area contributed by atoms with Gasteiger partial charge in [0.15, 0.2) is 0 Å². The molecule has 0 aliphatic carbocycles. The molecule has 0 aliphatic heterocycles.